The van der Waals surface area contributed by atoms with Crippen LogP contribution in [0.4, 0.5) is 0 Å². The summed E-state index contributed by atoms with van der Waals surface area (Å²) in [6, 6.07) is 0.201. The van der Waals surface area contributed by atoms with E-state index in [9.17, 15) is 14.7 Å². The second kappa shape index (κ2) is 13.8. The van der Waals surface area contributed by atoms with Crippen molar-refractivity contribution in [1.29, 1.82) is 0 Å². The van der Waals surface area contributed by atoms with Crippen LogP contribution in [0.3, 0.4) is 0 Å². The normalized spacial score (nSPS) is 39.1. The fraction of sp³-hybridized carbons (Fsp3) is 0.868. The Bertz CT molecular complexity index is 1280. The van der Waals surface area contributed by atoms with E-state index >= 15 is 4.79 Å². The number of aliphatic hydroxyl groups is 1. The molecule has 0 radical (unpaired) electrons. The van der Waals surface area contributed by atoms with Crippen LogP contribution in [0.5, 0.6) is 0 Å². The van der Waals surface area contributed by atoms with Gasteiger partial charge in [-0.1, -0.05) is 39.3 Å². The summed E-state index contributed by atoms with van der Waals surface area (Å²) >= 11 is 0. The van der Waals surface area contributed by atoms with Gasteiger partial charge in [-0.05, 0) is 93.2 Å². The average Bonchev–Trinajstić information content (AvgIpc) is 3.75. The molecule has 4 heterocycles. The topological polar surface area (TPSA) is 99.6 Å². The summed E-state index contributed by atoms with van der Waals surface area (Å²) in [7, 11) is -0.243. The van der Waals surface area contributed by atoms with Gasteiger partial charge < -0.3 is 29.3 Å². The Balaban J connectivity index is 1.19. The first kappa shape index (κ1) is 34.7. The molecule has 0 aromatic rings. The fourth-order valence-corrected chi connectivity index (χ4v) is 16.8. The lowest BCUT2D eigenvalue weighted by atomic mass is 9.78. The molecule has 0 aromatic heterocycles. The lowest BCUT2D eigenvalue weighted by Crippen LogP contribution is -2.53. The standard InChI is InChI=1S/C38H61N3O6Si/c1-25-36(48(3,4)30-16-14-29(46-2)15-17-30)33(22-35(44)39-19-8-11-28(39)24-42)47-38(25)31-12-5-6-13-32(31)41(37(38)45)23-26-9-7-10-27(21-26)40-20-18-34(40)43/h25-30,33,36,42H,5-24H2,1-4H3/t25-,26?,27?,28-,29?,30?,33+,36-,38+/m0/s1. The maximum Gasteiger partial charge on any atom is 0.263 e. The number of aliphatic hydroxyl groups excluding tert-OH is 1. The van der Waals surface area contributed by atoms with Gasteiger partial charge in [0.15, 0.2) is 5.60 Å². The van der Waals surface area contributed by atoms with Gasteiger partial charge in [0, 0.05) is 50.8 Å². The molecule has 1 N–H and O–H groups in total. The maximum atomic E-state index is 15.2. The minimum Gasteiger partial charge on any atom is -0.394 e. The van der Waals surface area contributed by atoms with Gasteiger partial charge in [-0.15, -0.1) is 0 Å². The maximum absolute atomic E-state index is 15.2. The summed E-state index contributed by atoms with van der Waals surface area (Å²) in [5, 5.41) is 10.0. The van der Waals surface area contributed by atoms with Crippen molar-refractivity contribution in [3.8, 4) is 0 Å². The summed E-state index contributed by atoms with van der Waals surface area (Å²) in [5.41, 5.74) is 2.23. The molecule has 7 atom stereocenters. The van der Waals surface area contributed by atoms with Crippen molar-refractivity contribution >= 4 is 25.8 Å². The number of methoxy groups -OCH3 is 1. The van der Waals surface area contributed by atoms with Gasteiger partial charge in [0.1, 0.15) is 0 Å². The van der Waals surface area contributed by atoms with E-state index in [1.54, 1.807) is 0 Å². The molecule has 2 saturated carbocycles. The monoisotopic (exact) mass is 683 g/mol. The van der Waals surface area contributed by atoms with E-state index in [0.717, 1.165) is 103 Å². The number of allylic oxidation sites excluding steroid dienone is 1. The van der Waals surface area contributed by atoms with Crippen LogP contribution in [0.25, 0.3) is 0 Å². The number of carbonyl (C=O) groups is 3. The smallest absolute Gasteiger partial charge is 0.263 e. The highest BCUT2D eigenvalue weighted by molar-refractivity contribution is 6.80. The molecule has 7 aliphatic rings. The molecule has 0 aromatic carbocycles. The van der Waals surface area contributed by atoms with Crippen molar-refractivity contribution < 1.29 is 29.0 Å². The molecular weight excluding hydrogens is 623 g/mol. The molecule has 9 nitrogen and oxygen atoms in total. The first-order valence-corrected chi connectivity index (χ1v) is 22.7. The zero-order valence-corrected chi connectivity index (χ0v) is 31.1. The van der Waals surface area contributed by atoms with E-state index in [4.69, 9.17) is 9.47 Å². The van der Waals surface area contributed by atoms with E-state index in [1.165, 1.54) is 11.3 Å². The summed E-state index contributed by atoms with van der Waals surface area (Å²) in [6.07, 6.45) is 15.4. The molecule has 0 bridgehead atoms. The largest absolute Gasteiger partial charge is 0.394 e. The number of ether oxygens (including phenoxy) is 2. The van der Waals surface area contributed by atoms with E-state index < -0.39 is 13.7 Å². The van der Waals surface area contributed by atoms with Gasteiger partial charge in [0.25, 0.3) is 5.91 Å². The van der Waals surface area contributed by atoms with Gasteiger partial charge in [-0.3, -0.25) is 14.4 Å². The predicted molar refractivity (Wildman–Crippen MR) is 187 cm³/mol. The highest BCUT2D eigenvalue weighted by Gasteiger charge is 2.67. The summed E-state index contributed by atoms with van der Waals surface area (Å²) in [5.74, 6) is 0.876. The third kappa shape index (κ3) is 5.82. The third-order valence-corrected chi connectivity index (χ3v) is 19.7. The first-order valence-electron chi connectivity index (χ1n) is 19.5. The molecule has 2 unspecified atom stereocenters. The molecule has 1 spiro atoms. The molecule has 3 amide bonds. The van der Waals surface area contributed by atoms with Crippen molar-refractivity contribution in [3.63, 3.8) is 0 Å². The van der Waals surface area contributed by atoms with Crippen LogP contribution in [0.1, 0.15) is 110 Å². The molecule has 10 heteroatoms. The lowest BCUT2D eigenvalue weighted by Gasteiger charge is -2.45. The number of hydrogen-bond acceptors (Lipinski definition) is 6. The number of nitrogens with zero attached hydrogens (tertiary/aromatic N) is 3. The molecular formula is C38H61N3O6Si. The molecule has 4 aliphatic heterocycles. The average molecular weight is 684 g/mol. The van der Waals surface area contributed by atoms with Crippen LogP contribution >= 0.6 is 0 Å². The quantitative estimate of drug-likeness (QED) is 0.250. The Labute approximate surface area is 289 Å². The second-order valence-electron chi connectivity index (χ2n) is 17.1. The van der Waals surface area contributed by atoms with Crippen molar-refractivity contribution in [2.45, 2.75) is 164 Å². The molecule has 7 rings (SSSR count). The molecule has 5 fully saturated rings. The van der Waals surface area contributed by atoms with Crippen molar-refractivity contribution in [2.24, 2.45) is 11.8 Å². The number of amides is 3. The molecule has 3 saturated heterocycles. The van der Waals surface area contributed by atoms with E-state index in [1.807, 2.05) is 12.0 Å². The van der Waals surface area contributed by atoms with Gasteiger partial charge in [-0.2, -0.15) is 0 Å². The van der Waals surface area contributed by atoms with Crippen LogP contribution in [0.2, 0.25) is 24.2 Å². The van der Waals surface area contributed by atoms with E-state index in [2.05, 4.69) is 29.8 Å². The fourth-order valence-electron chi connectivity index (χ4n) is 11.8. The Morgan fingerprint density at radius 2 is 1.75 bits per heavy atom. The lowest BCUT2D eigenvalue weighted by molar-refractivity contribution is -0.153. The summed E-state index contributed by atoms with van der Waals surface area (Å²) in [6.45, 7) is 9.63. The Kier molecular flexibility index (Phi) is 9.94. The van der Waals surface area contributed by atoms with E-state index in [-0.39, 0.29) is 47.9 Å². The van der Waals surface area contributed by atoms with Crippen LogP contribution < -0.4 is 0 Å². The van der Waals surface area contributed by atoms with Crippen molar-refractivity contribution in [1.82, 2.24) is 14.7 Å². The summed E-state index contributed by atoms with van der Waals surface area (Å²) in [4.78, 5) is 47.7. The second-order valence-corrected chi connectivity index (χ2v) is 22.2. The Hall–Kier alpha value is -1.75. The number of β-lactam (4-membered cyclic amide) rings is 1. The number of fused-ring (bicyclic) bond motifs is 1. The SMILES string of the molecule is COC1CCC([Si](C)(C)[C@@H]2[C@@H](CC(=O)N3CCC[C@H]3CO)O[C@]3(C(=O)N(CC4CCCC(N5CCC5=O)C4)C4=C3CCCC4)[C@H]2C)CC1. The van der Waals surface area contributed by atoms with Crippen LogP contribution in [0.15, 0.2) is 11.3 Å². The molecule has 3 aliphatic carbocycles. The number of rotatable bonds is 9. The molecule has 268 valence electrons. The van der Waals surface area contributed by atoms with Crippen LogP contribution in [-0.2, 0) is 23.9 Å². The highest BCUT2D eigenvalue weighted by atomic mass is 28.3. The summed E-state index contributed by atoms with van der Waals surface area (Å²) < 4.78 is 13.1. The number of carbonyl (C=O) groups excluding carboxylic acids is 3. The predicted octanol–water partition coefficient (Wildman–Crippen LogP) is 5.63. The zero-order valence-electron chi connectivity index (χ0n) is 30.1. The third-order valence-electron chi connectivity index (χ3n) is 14.4. The number of hydrogen-bond donors (Lipinski definition) is 1. The Morgan fingerprint density at radius 3 is 2.44 bits per heavy atom. The van der Waals surface area contributed by atoms with E-state index in [0.29, 0.717) is 43.0 Å². The van der Waals surface area contributed by atoms with Crippen molar-refractivity contribution in [2.75, 3.05) is 33.4 Å². The first-order chi connectivity index (χ1) is 23.1. The minimum absolute atomic E-state index is 0.00164. The zero-order chi connectivity index (χ0) is 33.8. The minimum atomic E-state index is -2.07. The van der Waals surface area contributed by atoms with Gasteiger partial charge in [-0.25, -0.2) is 0 Å². The highest BCUT2D eigenvalue weighted by Crippen LogP contribution is 2.61. The van der Waals surface area contributed by atoms with Crippen LogP contribution in [-0.4, -0.2) is 109 Å². The van der Waals surface area contributed by atoms with Crippen molar-refractivity contribution in [3.05, 3.63) is 11.3 Å². The molecule has 48 heavy (non-hydrogen) atoms. The van der Waals surface area contributed by atoms with Crippen LogP contribution in [0, 0.1) is 11.8 Å². The van der Waals surface area contributed by atoms with Gasteiger partial charge >= 0.3 is 0 Å². The Morgan fingerprint density at radius 1 is 0.979 bits per heavy atom. The number of likely N-dealkylation sites (tertiary alicyclic amines) is 2. The van der Waals surface area contributed by atoms with Gasteiger partial charge in [0.05, 0.1) is 39.4 Å². The van der Waals surface area contributed by atoms with Gasteiger partial charge in [0.2, 0.25) is 11.8 Å².